The standard InChI is InChI=1S/C25H29ClN4O4/c26-21-7-3-2-6-19(21)24(32)27-22-9-8-18(16-20(22)25(33)34)29-14-12-28(13-15-29)17-23(31)30-10-4-1-5-11-30/h2-3,6-9,16H,1,4-5,10-15,17H2,(H,27,32)(H,33,34). The minimum atomic E-state index is -1.12. The maximum atomic E-state index is 12.6. The lowest BCUT2D eigenvalue weighted by Crippen LogP contribution is -2.50. The topological polar surface area (TPSA) is 93.2 Å². The van der Waals surface area contributed by atoms with E-state index in [0.29, 0.717) is 24.7 Å². The molecule has 2 aromatic carbocycles. The van der Waals surface area contributed by atoms with Crippen molar-refractivity contribution in [2.75, 3.05) is 56.0 Å². The molecule has 0 saturated carbocycles. The first-order chi connectivity index (χ1) is 16.4. The van der Waals surface area contributed by atoms with E-state index in [1.165, 1.54) is 6.42 Å². The monoisotopic (exact) mass is 484 g/mol. The van der Waals surface area contributed by atoms with Crippen LogP contribution in [0.4, 0.5) is 11.4 Å². The van der Waals surface area contributed by atoms with Gasteiger partial charge in [-0.15, -0.1) is 0 Å². The Morgan fingerprint density at radius 2 is 1.59 bits per heavy atom. The van der Waals surface area contributed by atoms with Crippen molar-refractivity contribution in [3.8, 4) is 0 Å². The fourth-order valence-electron chi connectivity index (χ4n) is 4.45. The zero-order chi connectivity index (χ0) is 24.1. The second-order valence-corrected chi connectivity index (χ2v) is 9.08. The third-order valence-corrected chi connectivity index (χ3v) is 6.73. The summed E-state index contributed by atoms with van der Waals surface area (Å²) in [5, 5.41) is 12.7. The van der Waals surface area contributed by atoms with E-state index in [1.807, 2.05) is 11.0 Å². The lowest BCUT2D eigenvalue weighted by molar-refractivity contribution is -0.133. The molecule has 2 aromatic rings. The highest BCUT2D eigenvalue weighted by atomic mass is 35.5. The van der Waals surface area contributed by atoms with E-state index in [4.69, 9.17) is 11.6 Å². The minimum absolute atomic E-state index is 0.0145. The molecule has 0 aliphatic carbocycles. The minimum Gasteiger partial charge on any atom is -0.478 e. The number of piperidine rings is 1. The molecule has 2 heterocycles. The number of anilines is 2. The van der Waals surface area contributed by atoms with Crippen molar-refractivity contribution in [2.45, 2.75) is 19.3 Å². The Morgan fingerprint density at radius 3 is 2.26 bits per heavy atom. The van der Waals surface area contributed by atoms with Crippen LogP contribution in [0.3, 0.4) is 0 Å². The molecule has 2 amide bonds. The van der Waals surface area contributed by atoms with Crippen LogP contribution in [0, 0.1) is 0 Å². The number of hydrogen-bond acceptors (Lipinski definition) is 5. The van der Waals surface area contributed by atoms with E-state index in [9.17, 15) is 19.5 Å². The summed E-state index contributed by atoms with van der Waals surface area (Å²) in [5.74, 6) is -1.39. The molecule has 2 fully saturated rings. The summed E-state index contributed by atoms with van der Waals surface area (Å²) >= 11 is 6.09. The number of carboxylic acids is 1. The van der Waals surface area contributed by atoms with Crippen molar-refractivity contribution in [2.24, 2.45) is 0 Å². The van der Waals surface area contributed by atoms with Gasteiger partial charge in [-0.1, -0.05) is 23.7 Å². The molecule has 2 saturated heterocycles. The molecule has 0 unspecified atom stereocenters. The van der Waals surface area contributed by atoms with Crippen molar-refractivity contribution in [1.82, 2.24) is 9.80 Å². The molecule has 2 aliphatic rings. The van der Waals surface area contributed by atoms with Crippen molar-refractivity contribution in [3.63, 3.8) is 0 Å². The Hall–Kier alpha value is -3.10. The highest BCUT2D eigenvalue weighted by molar-refractivity contribution is 6.34. The van der Waals surface area contributed by atoms with E-state index in [-0.39, 0.29) is 22.7 Å². The summed E-state index contributed by atoms with van der Waals surface area (Å²) < 4.78 is 0. The van der Waals surface area contributed by atoms with E-state index < -0.39 is 11.9 Å². The molecule has 0 bridgehead atoms. The smallest absolute Gasteiger partial charge is 0.337 e. The molecule has 2 aliphatic heterocycles. The molecule has 180 valence electrons. The number of halogens is 1. The van der Waals surface area contributed by atoms with Crippen LogP contribution in [0.15, 0.2) is 42.5 Å². The quantitative estimate of drug-likeness (QED) is 0.652. The van der Waals surface area contributed by atoms with Gasteiger partial charge in [0.25, 0.3) is 5.91 Å². The van der Waals surface area contributed by atoms with Crippen LogP contribution in [0.5, 0.6) is 0 Å². The van der Waals surface area contributed by atoms with Gasteiger partial charge in [-0.3, -0.25) is 14.5 Å². The molecule has 8 nitrogen and oxygen atoms in total. The summed E-state index contributed by atoms with van der Waals surface area (Å²) in [6, 6.07) is 11.6. The molecule has 9 heteroatoms. The summed E-state index contributed by atoms with van der Waals surface area (Å²) in [7, 11) is 0. The summed E-state index contributed by atoms with van der Waals surface area (Å²) in [6.07, 6.45) is 3.36. The number of aromatic carboxylic acids is 1. The molecule has 2 N–H and O–H groups in total. The summed E-state index contributed by atoms with van der Waals surface area (Å²) in [4.78, 5) is 43.3. The first-order valence-corrected chi connectivity index (χ1v) is 12.0. The fourth-order valence-corrected chi connectivity index (χ4v) is 4.67. The van der Waals surface area contributed by atoms with Gasteiger partial charge in [0.05, 0.1) is 28.4 Å². The molecular weight excluding hydrogens is 456 g/mol. The second-order valence-electron chi connectivity index (χ2n) is 8.67. The number of carboxylic acid groups (broad SMARTS) is 1. The predicted octanol–water partition coefficient (Wildman–Crippen LogP) is 3.43. The van der Waals surface area contributed by atoms with Crippen molar-refractivity contribution in [3.05, 3.63) is 58.6 Å². The number of carbonyl (C=O) groups is 3. The predicted molar refractivity (Wildman–Crippen MR) is 132 cm³/mol. The highest BCUT2D eigenvalue weighted by Crippen LogP contribution is 2.26. The third kappa shape index (κ3) is 5.69. The molecule has 0 spiro atoms. The van der Waals surface area contributed by atoms with Crippen LogP contribution in [0.1, 0.15) is 40.0 Å². The number of piperazine rings is 1. The van der Waals surface area contributed by atoms with Gasteiger partial charge in [0.1, 0.15) is 0 Å². The average Bonchev–Trinajstić information content (AvgIpc) is 2.85. The van der Waals surface area contributed by atoms with Gasteiger partial charge in [-0.2, -0.15) is 0 Å². The van der Waals surface area contributed by atoms with Gasteiger partial charge in [0.15, 0.2) is 0 Å². The third-order valence-electron chi connectivity index (χ3n) is 6.41. The fraction of sp³-hybridized carbons (Fsp3) is 0.400. The first-order valence-electron chi connectivity index (χ1n) is 11.6. The number of hydrogen-bond donors (Lipinski definition) is 2. The Morgan fingerprint density at radius 1 is 0.882 bits per heavy atom. The summed E-state index contributed by atoms with van der Waals surface area (Å²) in [5.41, 5.74) is 1.28. The average molecular weight is 485 g/mol. The Labute approximate surface area is 204 Å². The number of carbonyl (C=O) groups excluding carboxylic acids is 2. The van der Waals surface area contributed by atoms with Crippen LogP contribution in [0.25, 0.3) is 0 Å². The molecule has 0 radical (unpaired) electrons. The first kappa shape index (κ1) is 24.0. The van der Waals surface area contributed by atoms with E-state index in [1.54, 1.807) is 36.4 Å². The largest absolute Gasteiger partial charge is 0.478 e. The van der Waals surface area contributed by atoms with Gasteiger partial charge in [-0.05, 0) is 49.6 Å². The van der Waals surface area contributed by atoms with Crippen molar-refractivity contribution >= 4 is 40.8 Å². The number of nitrogens with zero attached hydrogens (tertiary/aromatic N) is 3. The SMILES string of the molecule is O=C(Nc1ccc(N2CCN(CC(=O)N3CCCCC3)CC2)cc1C(=O)O)c1ccccc1Cl. The van der Waals surface area contributed by atoms with E-state index >= 15 is 0 Å². The van der Waals surface area contributed by atoms with Gasteiger partial charge < -0.3 is 20.2 Å². The lowest BCUT2D eigenvalue weighted by Gasteiger charge is -2.37. The van der Waals surface area contributed by atoms with Gasteiger partial charge in [0, 0.05) is 45.0 Å². The molecule has 0 aromatic heterocycles. The Balaban J connectivity index is 1.39. The number of likely N-dealkylation sites (tertiary alicyclic amines) is 1. The van der Waals surface area contributed by atoms with Crippen LogP contribution in [0.2, 0.25) is 5.02 Å². The van der Waals surface area contributed by atoms with Crippen LogP contribution >= 0.6 is 11.6 Å². The van der Waals surface area contributed by atoms with Crippen molar-refractivity contribution in [1.29, 1.82) is 0 Å². The van der Waals surface area contributed by atoms with E-state index in [0.717, 1.165) is 44.7 Å². The van der Waals surface area contributed by atoms with Crippen LogP contribution in [-0.2, 0) is 4.79 Å². The van der Waals surface area contributed by atoms with E-state index in [2.05, 4.69) is 15.1 Å². The second kappa shape index (κ2) is 10.9. The van der Waals surface area contributed by atoms with Gasteiger partial charge in [0.2, 0.25) is 5.91 Å². The van der Waals surface area contributed by atoms with Gasteiger partial charge in [-0.25, -0.2) is 4.79 Å². The maximum absolute atomic E-state index is 12.6. The molecular formula is C25H29ClN4O4. The lowest BCUT2D eigenvalue weighted by atomic mass is 10.1. The maximum Gasteiger partial charge on any atom is 0.337 e. The molecule has 0 atom stereocenters. The number of nitrogens with one attached hydrogen (secondary N) is 1. The normalized spacial score (nSPS) is 16.9. The Bertz CT molecular complexity index is 1060. The Kier molecular flexibility index (Phi) is 7.70. The number of benzene rings is 2. The van der Waals surface area contributed by atoms with Crippen LogP contribution < -0.4 is 10.2 Å². The summed E-state index contributed by atoms with van der Waals surface area (Å²) in [6.45, 7) is 4.99. The zero-order valence-corrected chi connectivity index (χ0v) is 19.8. The number of amides is 2. The van der Waals surface area contributed by atoms with Crippen molar-refractivity contribution < 1.29 is 19.5 Å². The number of rotatable bonds is 6. The molecule has 4 rings (SSSR count). The van der Waals surface area contributed by atoms with Gasteiger partial charge >= 0.3 is 5.97 Å². The highest BCUT2D eigenvalue weighted by Gasteiger charge is 2.24. The zero-order valence-electron chi connectivity index (χ0n) is 19.0. The van der Waals surface area contributed by atoms with Crippen LogP contribution in [-0.4, -0.2) is 78.5 Å². The molecule has 34 heavy (non-hydrogen) atoms.